The van der Waals surface area contributed by atoms with Crippen molar-refractivity contribution in [1.82, 2.24) is 9.80 Å². The summed E-state index contributed by atoms with van der Waals surface area (Å²) in [6, 6.07) is 0.743. The first kappa shape index (κ1) is 14.3. The number of nitrogens with zero attached hydrogens (tertiary/aromatic N) is 2. The van der Waals surface area contributed by atoms with Gasteiger partial charge in [0.2, 0.25) is 0 Å². The number of rotatable bonds is 4. The SMILES string of the molecule is CCC(C)N1CCN(C2(CN)CCCCC2)CC1. The molecule has 0 aromatic carbocycles. The van der Waals surface area contributed by atoms with Gasteiger partial charge in [-0.2, -0.15) is 0 Å². The number of piperazine rings is 1. The monoisotopic (exact) mass is 253 g/mol. The molecular weight excluding hydrogens is 222 g/mol. The van der Waals surface area contributed by atoms with Gasteiger partial charge in [0, 0.05) is 44.3 Å². The summed E-state index contributed by atoms with van der Waals surface area (Å²) < 4.78 is 0. The summed E-state index contributed by atoms with van der Waals surface area (Å²) in [4.78, 5) is 5.36. The van der Waals surface area contributed by atoms with Gasteiger partial charge < -0.3 is 5.73 Å². The van der Waals surface area contributed by atoms with E-state index in [2.05, 4.69) is 23.6 Å². The van der Waals surface area contributed by atoms with Crippen molar-refractivity contribution in [2.24, 2.45) is 5.73 Å². The van der Waals surface area contributed by atoms with E-state index in [4.69, 9.17) is 5.73 Å². The molecule has 0 radical (unpaired) electrons. The molecule has 1 aliphatic heterocycles. The van der Waals surface area contributed by atoms with Crippen LogP contribution >= 0.6 is 0 Å². The predicted octanol–water partition coefficient (Wildman–Crippen LogP) is 2.06. The van der Waals surface area contributed by atoms with E-state index in [1.165, 1.54) is 64.7 Å². The van der Waals surface area contributed by atoms with Gasteiger partial charge in [-0.3, -0.25) is 9.80 Å². The summed E-state index contributed by atoms with van der Waals surface area (Å²) in [5, 5.41) is 0. The fourth-order valence-corrected chi connectivity index (χ4v) is 3.75. The predicted molar refractivity (Wildman–Crippen MR) is 77.8 cm³/mol. The van der Waals surface area contributed by atoms with Crippen LogP contribution in [0.2, 0.25) is 0 Å². The third kappa shape index (κ3) is 2.89. The van der Waals surface area contributed by atoms with Crippen LogP contribution in [0.3, 0.4) is 0 Å². The zero-order chi connectivity index (χ0) is 13.0. The van der Waals surface area contributed by atoms with Gasteiger partial charge >= 0.3 is 0 Å². The molecule has 106 valence electrons. The Morgan fingerprint density at radius 3 is 2.17 bits per heavy atom. The van der Waals surface area contributed by atoms with E-state index in [1.54, 1.807) is 0 Å². The second-order valence-electron chi connectivity index (χ2n) is 6.27. The molecule has 18 heavy (non-hydrogen) atoms. The van der Waals surface area contributed by atoms with E-state index >= 15 is 0 Å². The molecule has 0 spiro atoms. The largest absolute Gasteiger partial charge is 0.329 e. The van der Waals surface area contributed by atoms with E-state index in [0.717, 1.165) is 12.6 Å². The highest BCUT2D eigenvalue weighted by Crippen LogP contribution is 2.33. The fraction of sp³-hybridized carbons (Fsp3) is 1.00. The molecule has 1 saturated carbocycles. The summed E-state index contributed by atoms with van der Waals surface area (Å²) >= 11 is 0. The number of nitrogens with two attached hydrogens (primary N) is 1. The minimum atomic E-state index is 0.347. The first-order valence-corrected chi connectivity index (χ1v) is 7.91. The van der Waals surface area contributed by atoms with Crippen LogP contribution in [0.25, 0.3) is 0 Å². The maximum atomic E-state index is 6.13. The molecule has 3 nitrogen and oxygen atoms in total. The Kier molecular flexibility index (Phi) is 5.05. The lowest BCUT2D eigenvalue weighted by molar-refractivity contribution is 0.00282. The highest BCUT2D eigenvalue weighted by Gasteiger charge is 2.38. The number of hydrogen-bond donors (Lipinski definition) is 1. The van der Waals surface area contributed by atoms with E-state index < -0.39 is 0 Å². The summed E-state index contributed by atoms with van der Waals surface area (Å²) in [7, 11) is 0. The minimum absolute atomic E-state index is 0.347. The third-order valence-electron chi connectivity index (χ3n) is 5.36. The molecule has 1 unspecified atom stereocenters. The van der Waals surface area contributed by atoms with Crippen LogP contribution in [0, 0.1) is 0 Å². The topological polar surface area (TPSA) is 32.5 Å². The molecule has 0 bridgehead atoms. The minimum Gasteiger partial charge on any atom is -0.329 e. The highest BCUT2D eigenvalue weighted by molar-refractivity contribution is 4.96. The van der Waals surface area contributed by atoms with E-state index in [9.17, 15) is 0 Å². The maximum absolute atomic E-state index is 6.13. The quantitative estimate of drug-likeness (QED) is 0.832. The van der Waals surface area contributed by atoms with Crippen molar-refractivity contribution in [1.29, 1.82) is 0 Å². The fourth-order valence-electron chi connectivity index (χ4n) is 3.75. The van der Waals surface area contributed by atoms with E-state index in [-0.39, 0.29) is 0 Å². The normalized spacial score (nSPS) is 28.2. The molecule has 3 heteroatoms. The molecule has 1 saturated heterocycles. The average molecular weight is 253 g/mol. The number of hydrogen-bond acceptors (Lipinski definition) is 3. The van der Waals surface area contributed by atoms with Gasteiger partial charge in [0.25, 0.3) is 0 Å². The van der Waals surface area contributed by atoms with Crippen LogP contribution in [0.1, 0.15) is 52.4 Å². The zero-order valence-electron chi connectivity index (χ0n) is 12.3. The van der Waals surface area contributed by atoms with Gasteiger partial charge in [-0.15, -0.1) is 0 Å². The molecule has 2 N–H and O–H groups in total. The van der Waals surface area contributed by atoms with Crippen LogP contribution in [-0.4, -0.2) is 54.1 Å². The molecule has 0 aromatic rings. The summed E-state index contributed by atoms with van der Waals surface area (Å²) in [6.45, 7) is 10.4. The van der Waals surface area contributed by atoms with Crippen LogP contribution in [0.4, 0.5) is 0 Å². The average Bonchev–Trinajstić information content (AvgIpc) is 2.47. The van der Waals surface area contributed by atoms with Crippen molar-refractivity contribution in [3.63, 3.8) is 0 Å². The Bertz CT molecular complexity index is 240. The van der Waals surface area contributed by atoms with Crippen molar-refractivity contribution in [3.8, 4) is 0 Å². The molecule has 2 rings (SSSR count). The van der Waals surface area contributed by atoms with Crippen molar-refractivity contribution in [3.05, 3.63) is 0 Å². The third-order valence-corrected chi connectivity index (χ3v) is 5.36. The van der Waals surface area contributed by atoms with Crippen molar-refractivity contribution in [2.45, 2.75) is 64.0 Å². The standard InChI is InChI=1S/C15H31N3/c1-3-14(2)17-9-11-18(12-10-17)15(13-16)7-5-4-6-8-15/h14H,3-13,16H2,1-2H3. The van der Waals surface area contributed by atoms with Crippen molar-refractivity contribution < 1.29 is 0 Å². The van der Waals surface area contributed by atoms with Gasteiger partial charge in [-0.1, -0.05) is 26.2 Å². The second-order valence-corrected chi connectivity index (χ2v) is 6.27. The van der Waals surface area contributed by atoms with Gasteiger partial charge in [0.1, 0.15) is 0 Å². The van der Waals surface area contributed by atoms with Crippen LogP contribution in [0.5, 0.6) is 0 Å². The molecule has 2 aliphatic rings. The first-order valence-electron chi connectivity index (χ1n) is 7.91. The Morgan fingerprint density at radius 1 is 1.06 bits per heavy atom. The lowest BCUT2D eigenvalue weighted by Gasteiger charge is -2.50. The van der Waals surface area contributed by atoms with Gasteiger partial charge in [-0.25, -0.2) is 0 Å². The van der Waals surface area contributed by atoms with Gasteiger partial charge in [0.05, 0.1) is 0 Å². The Balaban J connectivity index is 1.91. The zero-order valence-corrected chi connectivity index (χ0v) is 12.3. The van der Waals surface area contributed by atoms with Gasteiger partial charge in [0.15, 0.2) is 0 Å². The van der Waals surface area contributed by atoms with Crippen molar-refractivity contribution >= 4 is 0 Å². The Morgan fingerprint density at radius 2 is 1.67 bits per heavy atom. The summed E-state index contributed by atoms with van der Waals surface area (Å²) in [6.07, 6.45) is 8.09. The second kappa shape index (κ2) is 6.36. The lowest BCUT2D eigenvalue weighted by atomic mass is 9.80. The molecule has 2 fully saturated rings. The smallest absolute Gasteiger partial charge is 0.0332 e. The Labute approximate surface area is 113 Å². The maximum Gasteiger partial charge on any atom is 0.0332 e. The van der Waals surface area contributed by atoms with Crippen LogP contribution in [-0.2, 0) is 0 Å². The molecule has 1 aliphatic carbocycles. The van der Waals surface area contributed by atoms with E-state index in [1.807, 2.05) is 0 Å². The van der Waals surface area contributed by atoms with Crippen LogP contribution < -0.4 is 5.73 Å². The van der Waals surface area contributed by atoms with E-state index in [0.29, 0.717) is 5.54 Å². The molecule has 1 atom stereocenters. The first-order chi connectivity index (χ1) is 8.72. The van der Waals surface area contributed by atoms with Crippen LogP contribution in [0.15, 0.2) is 0 Å². The summed E-state index contributed by atoms with van der Waals surface area (Å²) in [5.74, 6) is 0. The highest BCUT2D eigenvalue weighted by atomic mass is 15.3. The molecule has 0 amide bonds. The lowest BCUT2D eigenvalue weighted by Crippen LogP contribution is -2.61. The summed E-state index contributed by atoms with van der Waals surface area (Å²) in [5.41, 5.74) is 6.48. The Hall–Kier alpha value is -0.120. The molecule has 1 heterocycles. The van der Waals surface area contributed by atoms with Crippen molar-refractivity contribution in [2.75, 3.05) is 32.7 Å². The molecular formula is C15H31N3. The van der Waals surface area contributed by atoms with Gasteiger partial charge in [-0.05, 0) is 26.2 Å². The molecule has 0 aromatic heterocycles.